The molecule has 84 valence electrons. The number of terminal acetylenes is 1. The zero-order valence-electron chi connectivity index (χ0n) is 8.59. The minimum atomic E-state index is -0.333. The Morgan fingerprint density at radius 3 is 3.00 bits per heavy atom. The first-order valence-corrected chi connectivity index (χ1v) is 5.57. The molecule has 0 aliphatic heterocycles. The van der Waals surface area contributed by atoms with Gasteiger partial charge in [-0.2, -0.15) is 0 Å². The molecule has 0 atom stereocenters. The number of carbonyl (C=O) groups excluding carboxylic acids is 1. The average molecular weight is 284 g/mol. The summed E-state index contributed by atoms with van der Waals surface area (Å²) in [5.41, 5.74) is 0.448. The molecule has 0 unspecified atom stereocenters. The van der Waals surface area contributed by atoms with Crippen LogP contribution in [0, 0.1) is 18.2 Å². The van der Waals surface area contributed by atoms with Crippen molar-refractivity contribution in [2.75, 3.05) is 0 Å². The Morgan fingerprint density at radius 2 is 2.31 bits per heavy atom. The fourth-order valence-electron chi connectivity index (χ4n) is 1.15. The van der Waals surface area contributed by atoms with E-state index in [9.17, 15) is 9.18 Å². The first-order chi connectivity index (χ1) is 7.63. The van der Waals surface area contributed by atoms with Crippen LogP contribution in [0.5, 0.6) is 0 Å². The highest BCUT2D eigenvalue weighted by atomic mass is 79.9. The highest BCUT2D eigenvalue weighted by molar-refractivity contribution is 9.10. The van der Waals surface area contributed by atoms with E-state index in [1.54, 1.807) is 12.1 Å². The molecular formula is C12H11BrFNO. The second kappa shape index (κ2) is 6.29. The van der Waals surface area contributed by atoms with Gasteiger partial charge in [0, 0.05) is 29.4 Å². The number of rotatable bonds is 4. The molecule has 1 N–H and O–H groups in total. The van der Waals surface area contributed by atoms with Gasteiger partial charge in [-0.15, -0.1) is 12.3 Å². The van der Waals surface area contributed by atoms with Crippen molar-refractivity contribution >= 4 is 21.8 Å². The molecule has 0 saturated carbocycles. The maximum atomic E-state index is 13.3. The number of carbonyl (C=O) groups is 1. The van der Waals surface area contributed by atoms with Crippen LogP contribution < -0.4 is 5.32 Å². The molecule has 0 aliphatic rings. The van der Waals surface area contributed by atoms with Gasteiger partial charge in [0.2, 0.25) is 5.91 Å². The van der Waals surface area contributed by atoms with Crippen molar-refractivity contribution in [1.29, 1.82) is 0 Å². The van der Waals surface area contributed by atoms with Gasteiger partial charge in [-0.25, -0.2) is 4.39 Å². The van der Waals surface area contributed by atoms with E-state index in [2.05, 4.69) is 27.2 Å². The van der Waals surface area contributed by atoms with E-state index in [1.807, 2.05) is 0 Å². The molecule has 0 heterocycles. The Labute approximate surface area is 102 Å². The second-order valence-corrected chi connectivity index (χ2v) is 4.13. The van der Waals surface area contributed by atoms with Gasteiger partial charge in [-0.05, 0) is 18.2 Å². The highest BCUT2D eigenvalue weighted by Crippen LogP contribution is 2.15. The van der Waals surface area contributed by atoms with Gasteiger partial charge in [0.15, 0.2) is 0 Å². The minimum Gasteiger partial charge on any atom is -0.352 e. The summed E-state index contributed by atoms with van der Waals surface area (Å²) in [6.45, 7) is 0.175. The van der Waals surface area contributed by atoms with E-state index in [1.165, 1.54) is 6.07 Å². The Hall–Kier alpha value is -1.34. The predicted molar refractivity (Wildman–Crippen MR) is 64.0 cm³/mol. The molecule has 1 rings (SSSR count). The van der Waals surface area contributed by atoms with Crippen LogP contribution in [0.4, 0.5) is 4.39 Å². The maximum absolute atomic E-state index is 13.3. The molecule has 16 heavy (non-hydrogen) atoms. The van der Waals surface area contributed by atoms with Crippen molar-refractivity contribution in [3.8, 4) is 12.3 Å². The molecular weight excluding hydrogens is 273 g/mol. The van der Waals surface area contributed by atoms with Crippen LogP contribution in [-0.2, 0) is 11.3 Å². The van der Waals surface area contributed by atoms with Crippen molar-refractivity contribution in [2.45, 2.75) is 19.4 Å². The highest BCUT2D eigenvalue weighted by Gasteiger charge is 2.05. The van der Waals surface area contributed by atoms with Crippen LogP contribution in [-0.4, -0.2) is 5.91 Å². The fourth-order valence-corrected chi connectivity index (χ4v) is 1.56. The summed E-state index contributed by atoms with van der Waals surface area (Å²) in [5.74, 6) is 1.87. The number of nitrogens with one attached hydrogen (secondary N) is 1. The lowest BCUT2D eigenvalue weighted by atomic mass is 10.2. The summed E-state index contributed by atoms with van der Waals surface area (Å²) in [5, 5.41) is 2.61. The van der Waals surface area contributed by atoms with Crippen LogP contribution in [0.15, 0.2) is 22.7 Å². The summed E-state index contributed by atoms with van der Waals surface area (Å²) in [7, 11) is 0. The lowest BCUT2D eigenvalue weighted by molar-refractivity contribution is -0.121. The lowest BCUT2D eigenvalue weighted by Gasteiger charge is -2.05. The predicted octanol–water partition coefficient (Wildman–Crippen LogP) is 2.62. The van der Waals surface area contributed by atoms with E-state index in [0.29, 0.717) is 12.0 Å². The van der Waals surface area contributed by atoms with Crippen LogP contribution in [0.3, 0.4) is 0 Å². The summed E-state index contributed by atoms with van der Waals surface area (Å²) < 4.78 is 14.0. The SMILES string of the molecule is C#CCCC(=O)NCc1cc(Br)ccc1F. The number of amides is 1. The first kappa shape index (κ1) is 12.7. The molecule has 4 heteroatoms. The Morgan fingerprint density at radius 1 is 1.56 bits per heavy atom. The standard InChI is InChI=1S/C12H11BrFNO/c1-2-3-4-12(16)15-8-9-7-10(13)5-6-11(9)14/h1,5-7H,3-4,8H2,(H,15,16). The molecule has 0 aromatic heterocycles. The van der Waals surface area contributed by atoms with Gasteiger partial charge in [0.05, 0.1) is 0 Å². The number of hydrogen-bond donors (Lipinski definition) is 1. The molecule has 0 bridgehead atoms. The molecule has 2 nitrogen and oxygen atoms in total. The van der Waals surface area contributed by atoms with Gasteiger partial charge < -0.3 is 5.32 Å². The van der Waals surface area contributed by atoms with Gasteiger partial charge in [-0.3, -0.25) is 4.79 Å². The van der Waals surface area contributed by atoms with Crippen LogP contribution in [0.2, 0.25) is 0 Å². The van der Waals surface area contributed by atoms with Crippen LogP contribution in [0.1, 0.15) is 18.4 Å². The quantitative estimate of drug-likeness (QED) is 0.846. The summed E-state index contributed by atoms with van der Waals surface area (Å²) in [4.78, 5) is 11.2. The van der Waals surface area contributed by atoms with Gasteiger partial charge in [-0.1, -0.05) is 15.9 Å². The normalized spacial score (nSPS) is 9.56. The zero-order chi connectivity index (χ0) is 12.0. The molecule has 1 aromatic carbocycles. The topological polar surface area (TPSA) is 29.1 Å². The molecule has 0 fully saturated rings. The second-order valence-electron chi connectivity index (χ2n) is 3.22. The molecule has 0 radical (unpaired) electrons. The molecule has 1 amide bonds. The van der Waals surface area contributed by atoms with Crippen molar-refractivity contribution in [2.24, 2.45) is 0 Å². The monoisotopic (exact) mass is 283 g/mol. The number of benzene rings is 1. The number of halogens is 2. The average Bonchev–Trinajstić information content (AvgIpc) is 2.27. The fraction of sp³-hybridized carbons (Fsp3) is 0.250. The third-order valence-corrected chi connectivity index (χ3v) is 2.47. The van der Waals surface area contributed by atoms with Gasteiger partial charge >= 0.3 is 0 Å². The van der Waals surface area contributed by atoms with Gasteiger partial charge in [0.25, 0.3) is 0 Å². The Bertz CT molecular complexity index is 426. The smallest absolute Gasteiger partial charge is 0.221 e. The van der Waals surface area contributed by atoms with Crippen LogP contribution >= 0.6 is 15.9 Å². The maximum Gasteiger partial charge on any atom is 0.221 e. The van der Waals surface area contributed by atoms with Crippen molar-refractivity contribution < 1.29 is 9.18 Å². The molecule has 1 aromatic rings. The third-order valence-electron chi connectivity index (χ3n) is 1.98. The Balaban J connectivity index is 2.51. The molecule has 0 saturated heterocycles. The zero-order valence-corrected chi connectivity index (χ0v) is 10.2. The van der Waals surface area contributed by atoms with Crippen LogP contribution in [0.25, 0.3) is 0 Å². The Kier molecular flexibility index (Phi) is 5.00. The molecule has 0 aliphatic carbocycles. The van der Waals surface area contributed by atoms with E-state index < -0.39 is 0 Å². The summed E-state index contributed by atoms with van der Waals surface area (Å²) in [6.07, 6.45) is 5.70. The van der Waals surface area contributed by atoms with Crippen molar-refractivity contribution in [3.05, 3.63) is 34.1 Å². The third kappa shape index (κ3) is 4.03. The van der Waals surface area contributed by atoms with E-state index in [0.717, 1.165) is 4.47 Å². The molecule has 0 spiro atoms. The van der Waals surface area contributed by atoms with Crippen molar-refractivity contribution in [3.63, 3.8) is 0 Å². The first-order valence-electron chi connectivity index (χ1n) is 4.77. The van der Waals surface area contributed by atoms with E-state index >= 15 is 0 Å². The van der Waals surface area contributed by atoms with Crippen molar-refractivity contribution in [1.82, 2.24) is 5.32 Å². The minimum absolute atomic E-state index is 0.169. The summed E-state index contributed by atoms with van der Waals surface area (Å²) in [6, 6.07) is 4.60. The van der Waals surface area contributed by atoms with Gasteiger partial charge in [0.1, 0.15) is 5.82 Å². The number of hydrogen-bond acceptors (Lipinski definition) is 1. The van der Waals surface area contributed by atoms with E-state index in [4.69, 9.17) is 6.42 Å². The lowest BCUT2D eigenvalue weighted by Crippen LogP contribution is -2.22. The summed E-state index contributed by atoms with van der Waals surface area (Å²) >= 11 is 3.24. The largest absolute Gasteiger partial charge is 0.352 e. The van der Waals surface area contributed by atoms with E-state index in [-0.39, 0.29) is 24.7 Å².